The van der Waals surface area contributed by atoms with E-state index in [-0.39, 0.29) is 18.1 Å². The molecule has 0 aromatic heterocycles. The van der Waals surface area contributed by atoms with Gasteiger partial charge in [0.1, 0.15) is 6.10 Å². The number of ether oxygens (including phenoxy) is 1. The number of hydrogen-bond acceptors (Lipinski definition) is 4. The molecule has 0 aliphatic carbocycles. The van der Waals surface area contributed by atoms with Crippen LogP contribution in [0.5, 0.6) is 0 Å². The van der Waals surface area contributed by atoms with Crippen molar-refractivity contribution in [1.29, 1.82) is 0 Å². The van der Waals surface area contributed by atoms with E-state index in [0.29, 0.717) is 6.54 Å². The Morgan fingerprint density at radius 3 is 2.50 bits per heavy atom. The van der Waals surface area contributed by atoms with Gasteiger partial charge in [0.25, 0.3) is 5.91 Å². The minimum absolute atomic E-state index is 0.0660. The van der Waals surface area contributed by atoms with Gasteiger partial charge in [-0.1, -0.05) is 6.92 Å². The maximum Gasteiger partial charge on any atom is 0.251 e. The van der Waals surface area contributed by atoms with Gasteiger partial charge < -0.3 is 20.3 Å². The van der Waals surface area contributed by atoms with E-state index in [1.54, 1.807) is 0 Å². The number of hydrogen-bond donors (Lipinski definition) is 1. The fourth-order valence-electron chi connectivity index (χ4n) is 2.19. The molecule has 0 bridgehead atoms. The fourth-order valence-corrected chi connectivity index (χ4v) is 2.19. The highest BCUT2D eigenvalue weighted by Crippen LogP contribution is 2.20. The minimum atomic E-state index is -0.271. The summed E-state index contributed by atoms with van der Waals surface area (Å²) in [5.74, 6) is 0.134. The van der Waals surface area contributed by atoms with Crippen molar-refractivity contribution in [2.24, 2.45) is 5.73 Å². The Kier molecular flexibility index (Phi) is 6.60. The summed E-state index contributed by atoms with van der Waals surface area (Å²) in [4.78, 5) is 16.4. The first kappa shape index (κ1) is 15.4. The highest BCUT2D eigenvalue weighted by atomic mass is 16.5. The van der Waals surface area contributed by atoms with E-state index >= 15 is 0 Å². The molecule has 18 heavy (non-hydrogen) atoms. The monoisotopic (exact) mass is 257 g/mol. The topological polar surface area (TPSA) is 58.8 Å². The number of amides is 1. The molecule has 106 valence electrons. The SMILES string of the molecule is CCCN(CCN(C)C)C(=O)C1CCC(CN)O1. The third kappa shape index (κ3) is 4.55. The zero-order valence-corrected chi connectivity index (χ0v) is 11.9. The second-order valence-electron chi connectivity index (χ2n) is 5.19. The number of rotatable bonds is 7. The van der Waals surface area contributed by atoms with Crippen LogP contribution in [0.25, 0.3) is 0 Å². The third-order valence-corrected chi connectivity index (χ3v) is 3.27. The fraction of sp³-hybridized carbons (Fsp3) is 0.923. The number of nitrogens with zero attached hydrogens (tertiary/aromatic N) is 2. The van der Waals surface area contributed by atoms with Gasteiger partial charge >= 0.3 is 0 Å². The lowest BCUT2D eigenvalue weighted by Crippen LogP contribution is -2.43. The Labute approximate surface area is 110 Å². The quantitative estimate of drug-likeness (QED) is 0.712. The van der Waals surface area contributed by atoms with Crippen molar-refractivity contribution in [1.82, 2.24) is 9.80 Å². The molecule has 1 fully saturated rings. The highest BCUT2D eigenvalue weighted by Gasteiger charge is 2.32. The van der Waals surface area contributed by atoms with Crippen LogP contribution in [-0.2, 0) is 9.53 Å². The van der Waals surface area contributed by atoms with E-state index in [2.05, 4.69) is 11.8 Å². The Morgan fingerprint density at radius 2 is 2.00 bits per heavy atom. The number of carbonyl (C=O) groups is 1. The summed E-state index contributed by atoms with van der Waals surface area (Å²) in [7, 11) is 4.04. The van der Waals surface area contributed by atoms with Crippen molar-refractivity contribution >= 4 is 5.91 Å². The molecule has 0 aromatic rings. The van der Waals surface area contributed by atoms with Gasteiger partial charge in [0, 0.05) is 26.2 Å². The van der Waals surface area contributed by atoms with Crippen molar-refractivity contribution in [3.8, 4) is 0 Å². The molecule has 2 unspecified atom stereocenters. The second kappa shape index (κ2) is 7.71. The molecule has 5 nitrogen and oxygen atoms in total. The van der Waals surface area contributed by atoms with Gasteiger partial charge in [0.15, 0.2) is 0 Å². The molecule has 0 radical (unpaired) electrons. The molecule has 0 aromatic carbocycles. The van der Waals surface area contributed by atoms with Crippen molar-refractivity contribution in [2.75, 3.05) is 40.3 Å². The summed E-state index contributed by atoms with van der Waals surface area (Å²) < 4.78 is 5.68. The molecule has 2 N–H and O–H groups in total. The van der Waals surface area contributed by atoms with Gasteiger partial charge in [-0.25, -0.2) is 0 Å². The van der Waals surface area contributed by atoms with Gasteiger partial charge in [0.2, 0.25) is 0 Å². The molecule has 1 heterocycles. The summed E-state index contributed by atoms with van der Waals surface area (Å²) in [6, 6.07) is 0. The van der Waals surface area contributed by atoms with Crippen molar-refractivity contribution in [3.05, 3.63) is 0 Å². The largest absolute Gasteiger partial charge is 0.364 e. The summed E-state index contributed by atoms with van der Waals surface area (Å²) in [6.07, 6.45) is 2.49. The maximum absolute atomic E-state index is 12.4. The molecule has 5 heteroatoms. The van der Waals surface area contributed by atoms with Crippen molar-refractivity contribution in [3.63, 3.8) is 0 Å². The molecule has 1 rings (SSSR count). The molecule has 0 saturated carbocycles. The van der Waals surface area contributed by atoms with Gasteiger partial charge in [-0.15, -0.1) is 0 Å². The molecule has 1 aliphatic rings. The summed E-state index contributed by atoms with van der Waals surface area (Å²) in [6.45, 7) is 5.06. The van der Waals surface area contributed by atoms with E-state index in [0.717, 1.165) is 38.9 Å². The molecule has 0 spiro atoms. The molecule has 1 aliphatic heterocycles. The molecule has 1 saturated heterocycles. The predicted molar refractivity (Wildman–Crippen MR) is 72.4 cm³/mol. The lowest BCUT2D eigenvalue weighted by molar-refractivity contribution is -0.143. The first-order valence-corrected chi connectivity index (χ1v) is 6.87. The Morgan fingerprint density at radius 1 is 1.28 bits per heavy atom. The Bertz CT molecular complexity index is 259. The van der Waals surface area contributed by atoms with E-state index in [9.17, 15) is 4.79 Å². The summed E-state index contributed by atoms with van der Waals surface area (Å²) >= 11 is 0. The number of likely N-dealkylation sites (N-methyl/N-ethyl adjacent to an activating group) is 1. The molecule has 2 atom stereocenters. The van der Waals surface area contributed by atoms with Gasteiger partial charge in [-0.2, -0.15) is 0 Å². The number of nitrogens with two attached hydrogens (primary N) is 1. The lowest BCUT2D eigenvalue weighted by atomic mass is 10.1. The van der Waals surface area contributed by atoms with Crippen LogP contribution >= 0.6 is 0 Å². The summed E-state index contributed by atoms with van der Waals surface area (Å²) in [5.41, 5.74) is 5.57. The average Bonchev–Trinajstić information content (AvgIpc) is 2.82. The third-order valence-electron chi connectivity index (χ3n) is 3.27. The van der Waals surface area contributed by atoms with Crippen molar-refractivity contribution in [2.45, 2.75) is 38.4 Å². The maximum atomic E-state index is 12.4. The van der Waals surface area contributed by atoms with Crippen LogP contribution in [-0.4, -0.2) is 68.2 Å². The van der Waals surface area contributed by atoms with Crippen LogP contribution in [0.15, 0.2) is 0 Å². The van der Waals surface area contributed by atoms with Gasteiger partial charge in [0.05, 0.1) is 6.10 Å². The summed E-state index contributed by atoms with van der Waals surface area (Å²) in [5, 5.41) is 0. The van der Waals surface area contributed by atoms with E-state index in [4.69, 9.17) is 10.5 Å². The molecular weight excluding hydrogens is 230 g/mol. The minimum Gasteiger partial charge on any atom is -0.364 e. The van der Waals surface area contributed by atoms with Crippen LogP contribution in [0, 0.1) is 0 Å². The van der Waals surface area contributed by atoms with Gasteiger partial charge in [-0.05, 0) is 33.4 Å². The smallest absolute Gasteiger partial charge is 0.251 e. The Hall–Kier alpha value is -0.650. The van der Waals surface area contributed by atoms with Crippen LogP contribution < -0.4 is 5.73 Å². The van der Waals surface area contributed by atoms with Crippen LogP contribution in [0.1, 0.15) is 26.2 Å². The zero-order valence-electron chi connectivity index (χ0n) is 11.9. The first-order chi connectivity index (χ1) is 8.58. The van der Waals surface area contributed by atoms with E-state index in [1.807, 2.05) is 19.0 Å². The highest BCUT2D eigenvalue weighted by molar-refractivity contribution is 5.81. The van der Waals surface area contributed by atoms with E-state index in [1.165, 1.54) is 0 Å². The molecular formula is C13H27N3O2. The molecule has 1 amide bonds. The van der Waals surface area contributed by atoms with Crippen LogP contribution in [0.2, 0.25) is 0 Å². The lowest BCUT2D eigenvalue weighted by Gasteiger charge is -2.26. The van der Waals surface area contributed by atoms with Crippen LogP contribution in [0.3, 0.4) is 0 Å². The van der Waals surface area contributed by atoms with Crippen molar-refractivity contribution < 1.29 is 9.53 Å². The first-order valence-electron chi connectivity index (χ1n) is 6.87. The Balaban J connectivity index is 2.48. The average molecular weight is 257 g/mol. The number of carbonyl (C=O) groups excluding carboxylic acids is 1. The predicted octanol–water partition coefficient (Wildman–Crippen LogP) is 0.293. The zero-order chi connectivity index (χ0) is 13.5. The second-order valence-corrected chi connectivity index (χ2v) is 5.19. The normalized spacial score (nSPS) is 23.6. The van der Waals surface area contributed by atoms with Crippen LogP contribution in [0.4, 0.5) is 0 Å². The van der Waals surface area contributed by atoms with Gasteiger partial charge in [-0.3, -0.25) is 4.79 Å². The standard InChI is InChI=1S/C13H27N3O2/c1-4-7-16(9-8-15(2)3)13(17)12-6-5-11(10-14)18-12/h11-12H,4-10,14H2,1-3H3. The van der Waals surface area contributed by atoms with E-state index < -0.39 is 0 Å².